The van der Waals surface area contributed by atoms with Gasteiger partial charge in [-0.25, -0.2) is 0 Å². The Hall–Kier alpha value is -0.490. The Balaban J connectivity index is 2.25. The Morgan fingerprint density at radius 2 is 1.89 bits per heavy atom. The van der Waals surface area contributed by atoms with Gasteiger partial charge >= 0.3 is 5.97 Å². The molecule has 150 valence electrons. The Bertz CT molecular complexity index is 820. The number of benzene rings is 1. The van der Waals surface area contributed by atoms with E-state index in [-0.39, 0.29) is 5.97 Å². The van der Waals surface area contributed by atoms with Crippen LogP contribution < -0.4 is 5.32 Å². The summed E-state index contributed by atoms with van der Waals surface area (Å²) in [4.78, 5) is 13.1. The fourth-order valence-electron chi connectivity index (χ4n) is 4.83. The molecule has 3 rings (SSSR count). The SMILES string of the molecule is CC(C)(C)OC(=O)C1CCC2(O)C(C)(C)Nc3c(cc(Br)c(Cl)c3Cl)C12C. The third kappa shape index (κ3) is 2.92. The first kappa shape index (κ1) is 21.2. The molecule has 4 nitrogen and oxygen atoms in total. The fourth-order valence-corrected chi connectivity index (χ4v) is 5.77. The summed E-state index contributed by atoms with van der Waals surface area (Å²) in [5.41, 5.74) is -1.91. The minimum Gasteiger partial charge on any atom is -0.460 e. The second-order valence-corrected chi connectivity index (χ2v) is 11.0. The summed E-state index contributed by atoms with van der Waals surface area (Å²) >= 11 is 16.4. The normalized spacial score (nSPS) is 31.7. The molecule has 2 N–H and O–H groups in total. The molecule has 3 unspecified atom stereocenters. The van der Waals surface area contributed by atoms with Crippen LogP contribution in [0.4, 0.5) is 5.69 Å². The average molecular weight is 479 g/mol. The fraction of sp³-hybridized carbons (Fsp3) is 0.650. The highest BCUT2D eigenvalue weighted by Crippen LogP contribution is 2.63. The van der Waals surface area contributed by atoms with Gasteiger partial charge in [-0.3, -0.25) is 4.79 Å². The monoisotopic (exact) mass is 477 g/mol. The number of carbonyl (C=O) groups is 1. The van der Waals surface area contributed by atoms with Crippen molar-refractivity contribution in [2.45, 2.75) is 76.5 Å². The first-order valence-corrected chi connectivity index (χ1v) is 10.6. The molecular formula is C20H26BrCl2NO3. The second kappa shape index (κ2) is 6.25. The number of esters is 1. The number of fused-ring (bicyclic) bond motifs is 3. The molecule has 0 aromatic heterocycles. The van der Waals surface area contributed by atoms with Gasteiger partial charge in [-0.05, 0) is 75.0 Å². The first-order chi connectivity index (χ1) is 12.2. The summed E-state index contributed by atoms with van der Waals surface area (Å²) in [7, 11) is 0. The molecular weight excluding hydrogens is 453 g/mol. The number of halogens is 3. The Morgan fingerprint density at radius 3 is 2.44 bits per heavy atom. The summed E-state index contributed by atoms with van der Waals surface area (Å²) < 4.78 is 6.34. The van der Waals surface area contributed by atoms with Crippen molar-refractivity contribution in [1.82, 2.24) is 0 Å². The van der Waals surface area contributed by atoms with Gasteiger partial charge in [0.25, 0.3) is 0 Å². The molecule has 27 heavy (non-hydrogen) atoms. The summed E-state index contributed by atoms with van der Waals surface area (Å²) in [5, 5.41) is 16.0. The van der Waals surface area contributed by atoms with E-state index in [4.69, 9.17) is 27.9 Å². The highest BCUT2D eigenvalue weighted by Gasteiger charge is 2.69. The third-order valence-corrected chi connectivity index (χ3v) is 7.96. The maximum Gasteiger partial charge on any atom is 0.310 e. The largest absolute Gasteiger partial charge is 0.460 e. The van der Waals surface area contributed by atoms with E-state index in [9.17, 15) is 9.90 Å². The molecule has 1 saturated carbocycles. The van der Waals surface area contributed by atoms with Crippen LogP contribution in [0, 0.1) is 5.92 Å². The van der Waals surface area contributed by atoms with E-state index < -0.39 is 28.1 Å². The van der Waals surface area contributed by atoms with Gasteiger partial charge in [0.05, 0.1) is 32.8 Å². The van der Waals surface area contributed by atoms with E-state index in [0.717, 1.165) is 5.56 Å². The van der Waals surface area contributed by atoms with Crippen LogP contribution >= 0.6 is 39.1 Å². The minimum absolute atomic E-state index is 0.299. The van der Waals surface area contributed by atoms with Crippen LogP contribution in [0.3, 0.4) is 0 Å². The van der Waals surface area contributed by atoms with Gasteiger partial charge in [0, 0.05) is 9.89 Å². The molecule has 2 aliphatic rings. The smallest absolute Gasteiger partial charge is 0.310 e. The number of hydrogen-bond donors (Lipinski definition) is 2. The molecule has 0 spiro atoms. The number of rotatable bonds is 1. The Morgan fingerprint density at radius 1 is 1.30 bits per heavy atom. The molecule has 1 aliphatic heterocycles. The lowest BCUT2D eigenvalue weighted by molar-refractivity contribution is -0.165. The third-order valence-electron chi connectivity index (χ3n) is 6.24. The summed E-state index contributed by atoms with van der Waals surface area (Å²) in [6.07, 6.45) is 1.01. The lowest BCUT2D eigenvalue weighted by atomic mass is 9.57. The van der Waals surface area contributed by atoms with Crippen molar-refractivity contribution in [2.75, 3.05) is 5.32 Å². The maximum absolute atomic E-state index is 13.1. The molecule has 1 aromatic rings. The summed E-state index contributed by atoms with van der Waals surface area (Å²) in [6, 6.07) is 1.86. The molecule has 0 amide bonds. The zero-order valence-corrected chi connectivity index (χ0v) is 19.6. The second-order valence-electron chi connectivity index (χ2n) is 9.35. The maximum atomic E-state index is 13.1. The highest BCUT2D eigenvalue weighted by molar-refractivity contribution is 9.10. The van der Waals surface area contributed by atoms with Crippen LogP contribution in [0.5, 0.6) is 0 Å². The number of ether oxygens (including phenoxy) is 1. The average Bonchev–Trinajstić information content (AvgIpc) is 2.80. The Kier molecular flexibility index (Phi) is 4.91. The van der Waals surface area contributed by atoms with Gasteiger partial charge in [0.15, 0.2) is 0 Å². The van der Waals surface area contributed by atoms with Gasteiger partial charge in [0.2, 0.25) is 0 Å². The first-order valence-electron chi connectivity index (χ1n) is 9.07. The van der Waals surface area contributed by atoms with Crippen LogP contribution in [0.15, 0.2) is 10.5 Å². The highest BCUT2D eigenvalue weighted by atomic mass is 79.9. The van der Waals surface area contributed by atoms with Crippen molar-refractivity contribution in [2.24, 2.45) is 5.92 Å². The topological polar surface area (TPSA) is 58.6 Å². The molecule has 1 fully saturated rings. The van der Waals surface area contributed by atoms with Crippen molar-refractivity contribution in [3.8, 4) is 0 Å². The van der Waals surface area contributed by atoms with Crippen molar-refractivity contribution in [3.05, 3.63) is 26.1 Å². The predicted molar refractivity (Wildman–Crippen MR) is 113 cm³/mol. The zero-order valence-electron chi connectivity index (χ0n) is 16.5. The van der Waals surface area contributed by atoms with Gasteiger partial charge in [-0.1, -0.05) is 30.1 Å². The van der Waals surface area contributed by atoms with Crippen LogP contribution in [0.2, 0.25) is 10.0 Å². The van der Waals surface area contributed by atoms with E-state index in [2.05, 4.69) is 21.2 Å². The van der Waals surface area contributed by atoms with E-state index in [0.29, 0.717) is 33.0 Å². The van der Waals surface area contributed by atoms with Crippen LogP contribution in [0.1, 0.15) is 59.9 Å². The summed E-state index contributed by atoms with van der Waals surface area (Å²) in [5.74, 6) is -0.794. The van der Waals surface area contributed by atoms with E-state index in [1.165, 1.54) is 0 Å². The predicted octanol–water partition coefficient (Wildman–Crippen LogP) is 5.70. The molecule has 0 saturated heterocycles. The molecule has 0 radical (unpaired) electrons. The lowest BCUT2D eigenvalue weighted by Crippen LogP contribution is -2.68. The van der Waals surface area contributed by atoms with E-state index in [1.807, 2.05) is 47.6 Å². The molecule has 3 atom stereocenters. The van der Waals surface area contributed by atoms with Crippen molar-refractivity contribution >= 4 is 50.8 Å². The molecule has 1 heterocycles. The zero-order chi connectivity index (χ0) is 20.6. The lowest BCUT2D eigenvalue weighted by Gasteiger charge is -2.56. The molecule has 1 aliphatic carbocycles. The number of anilines is 1. The van der Waals surface area contributed by atoms with Gasteiger partial charge in [-0.15, -0.1) is 0 Å². The van der Waals surface area contributed by atoms with Gasteiger partial charge in [-0.2, -0.15) is 0 Å². The summed E-state index contributed by atoms with van der Waals surface area (Å²) in [6.45, 7) is 11.3. The van der Waals surface area contributed by atoms with E-state index >= 15 is 0 Å². The van der Waals surface area contributed by atoms with Gasteiger partial charge < -0.3 is 15.2 Å². The van der Waals surface area contributed by atoms with E-state index in [1.54, 1.807) is 0 Å². The van der Waals surface area contributed by atoms with Crippen molar-refractivity contribution in [3.63, 3.8) is 0 Å². The molecule has 1 aromatic carbocycles. The quantitative estimate of drug-likeness (QED) is 0.401. The van der Waals surface area contributed by atoms with Crippen molar-refractivity contribution < 1.29 is 14.6 Å². The number of carbonyl (C=O) groups excluding carboxylic acids is 1. The van der Waals surface area contributed by atoms with Crippen molar-refractivity contribution in [1.29, 1.82) is 0 Å². The van der Waals surface area contributed by atoms with Crippen LogP contribution in [0.25, 0.3) is 0 Å². The molecule has 0 bridgehead atoms. The van der Waals surface area contributed by atoms with Crippen LogP contribution in [-0.4, -0.2) is 27.8 Å². The number of nitrogens with one attached hydrogen (secondary N) is 1. The van der Waals surface area contributed by atoms with Crippen LogP contribution in [-0.2, 0) is 14.9 Å². The standard InChI is InChI=1S/C20H26BrCl2NO3/c1-17(2,3)27-16(25)10-7-8-20(26)18(4,5)24-15-11(19(10,20)6)9-12(21)13(22)14(15)23/h9-10,24,26H,7-8H2,1-6H3. The van der Waals surface area contributed by atoms with Gasteiger partial charge in [0.1, 0.15) is 5.60 Å². The molecule has 7 heteroatoms. The Labute approximate surface area is 179 Å². The minimum atomic E-state index is -1.16. The number of aliphatic hydroxyl groups is 1. The number of hydrogen-bond acceptors (Lipinski definition) is 4.